The lowest BCUT2D eigenvalue weighted by Crippen LogP contribution is -2.13. The predicted molar refractivity (Wildman–Crippen MR) is 133 cm³/mol. The number of carbonyl (C=O) groups is 1. The Morgan fingerprint density at radius 1 is 0.939 bits per heavy atom. The van der Waals surface area contributed by atoms with Crippen LogP contribution in [0, 0.1) is 11.3 Å². The Labute approximate surface area is 201 Å². The molecule has 0 heterocycles. The van der Waals surface area contributed by atoms with Gasteiger partial charge in [-0.1, -0.05) is 83.9 Å². The Morgan fingerprint density at radius 3 is 2.52 bits per heavy atom. The topological polar surface area (TPSA) is 62.1 Å². The molecule has 6 heteroatoms. The van der Waals surface area contributed by atoms with E-state index in [4.69, 9.17) is 27.9 Å². The Hall–Kier alpha value is -3.78. The van der Waals surface area contributed by atoms with Gasteiger partial charge in [0, 0.05) is 11.3 Å². The lowest BCUT2D eigenvalue weighted by atomic mass is 10.1. The number of para-hydroxylation sites is 1. The summed E-state index contributed by atoms with van der Waals surface area (Å²) in [6.07, 6.45) is 1.51. The van der Waals surface area contributed by atoms with Crippen molar-refractivity contribution in [1.29, 1.82) is 5.26 Å². The molecule has 0 fully saturated rings. The van der Waals surface area contributed by atoms with E-state index in [1.165, 1.54) is 12.1 Å². The van der Waals surface area contributed by atoms with Gasteiger partial charge in [0.2, 0.25) is 0 Å². The molecule has 4 aromatic carbocycles. The first kappa shape index (κ1) is 22.4. The molecular formula is C27H18Cl2N2O2. The molecule has 1 N–H and O–H groups in total. The van der Waals surface area contributed by atoms with E-state index >= 15 is 0 Å². The second kappa shape index (κ2) is 10.2. The molecular weight excluding hydrogens is 455 g/mol. The minimum Gasteiger partial charge on any atom is -0.488 e. The summed E-state index contributed by atoms with van der Waals surface area (Å²) in [6.45, 7) is 0.351. The van der Waals surface area contributed by atoms with E-state index in [0.29, 0.717) is 33.7 Å². The fourth-order valence-electron chi connectivity index (χ4n) is 3.38. The van der Waals surface area contributed by atoms with Crippen LogP contribution in [-0.4, -0.2) is 5.91 Å². The minimum atomic E-state index is -0.556. The third-order valence-corrected chi connectivity index (χ3v) is 5.76. The Morgan fingerprint density at radius 2 is 1.70 bits per heavy atom. The van der Waals surface area contributed by atoms with Gasteiger partial charge in [0.1, 0.15) is 24.0 Å². The second-order valence-corrected chi connectivity index (χ2v) is 8.03. The maximum absolute atomic E-state index is 12.7. The summed E-state index contributed by atoms with van der Waals surface area (Å²) in [7, 11) is 0. The Balaban J connectivity index is 1.55. The molecule has 0 radical (unpaired) electrons. The quantitative estimate of drug-likeness (QED) is 0.237. The van der Waals surface area contributed by atoms with Crippen molar-refractivity contribution >= 4 is 51.6 Å². The highest BCUT2D eigenvalue weighted by atomic mass is 35.5. The van der Waals surface area contributed by atoms with E-state index in [0.717, 1.165) is 16.3 Å². The maximum atomic E-state index is 12.7. The van der Waals surface area contributed by atoms with Gasteiger partial charge in [-0.15, -0.1) is 0 Å². The average Bonchev–Trinajstić information content (AvgIpc) is 2.84. The molecule has 4 aromatic rings. The van der Waals surface area contributed by atoms with Crippen molar-refractivity contribution in [2.75, 3.05) is 5.32 Å². The van der Waals surface area contributed by atoms with Crippen molar-refractivity contribution in [2.45, 2.75) is 6.61 Å². The SMILES string of the molecule is N#C/C(=C/c1ccccc1OCc1cccc2ccccc12)C(=O)Nc1ccc(Cl)c(Cl)c1. The third-order valence-electron chi connectivity index (χ3n) is 5.02. The second-order valence-electron chi connectivity index (χ2n) is 7.22. The van der Waals surface area contributed by atoms with E-state index in [1.807, 2.05) is 48.5 Å². The van der Waals surface area contributed by atoms with Crippen LogP contribution in [0.3, 0.4) is 0 Å². The molecule has 0 aromatic heterocycles. The minimum absolute atomic E-state index is 0.0673. The number of rotatable bonds is 6. The Kier molecular flexibility index (Phi) is 6.95. The van der Waals surface area contributed by atoms with Crippen LogP contribution < -0.4 is 10.1 Å². The summed E-state index contributed by atoms with van der Waals surface area (Å²) in [5.41, 5.74) is 2.04. The van der Waals surface area contributed by atoms with Crippen LogP contribution in [0.25, 0.3) is 16.8 Å². The highest BCUT2D eigenvalue weighted by Crippen LogP contribution is 2.27. The van der Waals surface area contributed by atoms with Crippen molar-refractivity contribution in [2.24, 2.45) is 0 Å². The molecule has 0 bridgehead atoms. The van der Waals surface area contributed by atoms with Gasteiger partial charge in [-0.3, -0.25) is 4.79 Å². The molecule has 0 saturated carbocycles. The van der Waals surface area contributed by atoms with Gasteiger partial charge in [-0.2, -0.15) is 5.26 Å². The molecule has 4 nitrogen and oxygen atoms in total. The molecule has 162 valence electrons. The summed E-state index contributed by atoms with van der Waals surface area (Å²) >= 11 is 11.9. The summed E-state index contributed by atoms with van der Waals surface area (Å²) in [5.74, 6) is 0.0141. The molecule has 1 amide bonds. The van der Waals surface area contributed by atoms with Crippen molar-refractivity contribution in [1.82, 2.24) is 0 Å². The van der Waals surface area contributed by atoms with Gasteiger partial charge in [-0.05, 0) is 46.7 Å². The number of benzene rings is 4. The van der Waals surface area contributed by atoms with Crippen LogP contribution in [0.5, 0.6) is 5.75 Å². The maximum Gasteiger partial charge on any atom is 0.266 e. The van der Waals surface area contributed by atoms with Crippen molar-refractivity contribution in [3.05, 3.63) is 112 Å². The number of carbonyl (C=O) groups excluding carboxylic acids is 1. The summed E-state index contributed by atoms with van der Waals surface area (Å²) in [6, 6.07) is 28.1. The Bertz CT molecular complexity index is 1400. The zero-order valence-corrected chi connectivity index (χ0v) is 18.9. The van der Waals surface area contributed by atoms with Crippen molar-refractivity contribution < 1.29 is 9.53 Å². The molecule has 0 aliphatic rings. The monoisotopic (exact) mass is 472 g/mol. The van der Waals surface area contributed by atoms with E-state index < -0.39 is 5.91 Å². The van der Waals surface area contributed by atoms with Crippen molar-refractivity contribution in [3.8, 4) is 11.8 Å². The first-order chi connectivity index (χ1) is 16.0. The number of nitrogens with one attached hydrogen (secondary N) is 1. The molecule has 0 aliphatic carbocycles. The van der Waals surface area contributed by atoms with Gasteiger partial charge >= 0.3 is 0 Å². The molecule has 0 atom stereocenters. The lowest BCUT2D eigenvalue weighted by molar-refractivity contribution is -0.112. The highest BCUT2D eigenvalue weighted by Gasteiger charge is 2.12. The molecule has 0 saturated heterocycles. The van der Waals surface area contributed by atoms with Crippen LogP contribution in [0.1, 0.15) is 11.1 Å². The van der Waals surface area contributed by atoms with Gasteiger partial charge in [0.15, 0.2) is 0 Å². The average molecular weight is 473 g/mol. The largest absolute Gasteiger partial charge is 0.488 e. The first-order valence-electron chi connectivity index (χ1n) is 10.1. The van der Waals surface area contributed by atoms with E-state index in [1.54, 1.807) is 18.2 Å². The van der Waals surface area contributed by atoms with Gasteiger partial charge in [0.25, 0.3) is 5.91 Å². The number of anilines is 1. The van der Waals surface area contributed by atoms with Gasteiger partial charge in [0.05, 0.1) is 10.0 Å². The van der Waals surface area contributed by atoms with Crippen LogP contribution in [0.4, 0.5) is 5.69 Å². The zero-order valence-electron chi connectivity index (χ0n) is 17.4. The highest BCUT2D eigenvalue weighted by molar-refractivity contribution is 6.42. The smallest absolute Gasteiger partial charge is 0.266 e. The number of amides is 1. The number of hydrogen-bond donors (Lipinski definition) is 1. The van der Waals surface area contributed by atoms with Crippen molar-refractivity contribution in [3.63, 3.8) is 0 Å². The number of fused-ring (bicyclic) bond motifs is 1. The molecule has 0 spiro atoms. The van der Waals surface area contributed by atoms with Gasteiger partial charge < -0.3 is 10.1 Å². The van der Waals surface area contributed by atoms with Crippen LogP contribution in [0.15, 0.2) is 90.5 Å². The summed E-state index contributed by atoms with van der Waals surface area (Å²) in [5, 5.41) is 15.2. The number of nitriles is 1. The van der Waals surface area contributed by atoms with Gasteiger partial charge in [-0.25, -0.2) is 0 Å². The molecule has 33 heavy (non-hydrogen) atoms. The number of halogens is 2. The van der Waals surface area contributed by atoms with Crippen LogP contribution in [-0.2, 0) is 11.4 Å². The fraction of sp³-hybridized carbons (Fsp3) is 0.0370. The van der Waals surface area contributed by atoms with E-state index in [2.05, 4.69) is 23.5 Å². The summed E-state index contributed by atoms with van der Waals surface area (Å²) < 4.78 is 6.09. The first-order valence-corrected chi connectivity index (χ1v) is 10.9. The predicted octanol–water partition coefficient (Wildman–Crippen LogP) is 7.27. The molecule has 4 rings (SSSR count). The summed E-state index contributed by atoms with van der Waals surface area (Å²) in [4.78, 5) is 12.7. The van der Waals surface area contributed by atoms with Crippen LogP contribution >= 0.6 is 23.2 Å². The number of nitrogens with zero attached hydrogens (tertiary/aromatic N) is 1. The standard InChI is InChI=1S/C27H18Cl2N2O2/c28-24-13-12-22(15-25(24)29)31-27(32)21(16-30)14-19-7-2-4-11-26(19)33-17-20-9-5-8-18-6-1-3-10-23(18)20/h1-15H,17H2,(H,31,32)/b21-14-. The number of hydrogen-bond acceptors (Lipinski definition) is 3. The third kappa shape index (κ3) is 5.35. The molecule has 0 unspecified atom stereocenters. The zero-order chi connectivity index (χ0) is 23.2. The normalized spacial score (nSPS) is 11.1. The van der Waals surface area contributed by atoms with E-state index in [9.17, 15) is 10.1 Å². The van der Waals surface area contributed by atoms with Crippen LogP contribution in [0.2, 0.25) is 10.0 Å². The van der Waals surface area contributed by atoms with E-state index in [-0.39, 0.29) is 5.57 Å². The lowest BCUT2D eigenvalue weighted by Gasteiger charge is -2.12. The fourth-order valence-corrected chi connectivity index (χ4v) is 3.68. The number of ether oxygens (including phenoxy) is 1. The molecule has 0 aliphatic heterocycles.